The second-order valence-corrected chi connectivity index (χ2v) is 17.2. The maximum atomic E-state index is 14.2. The van der Waals surface area contributed by atoms with E-state index in [0.717, 1.165) is 70.5 Å². The molecule has 0 radical (unpaired) electrons. The molecule has 4 heterocycles. The zero-order chi connectivity index (χ0) is 44.9. The molecule has 1 saturated carbocycles. The van der Waals surface area contributed by atoms with Crippen LogP contribution in [-0.4, -0.2) is 87.1 Å². The Morgan fingerprint density at radius 2 is 1.27 bits per heavy atom. The van der Waals surface area contributed by atoms with E-state index < -0.39 is 24.3 Å². The molecule has 14 heteroatoms. The number of H-pyrrole nitrogens is 2. The number of ether oxygens (including phenoxy) is 2. The van der Waals surface area contributed by atoms with Gasteiger partial charge in [-0.25, -0.2) is 19.6 Å². The molecule has 8 rings (SSSR count). The van der Waals surface area contributed by atoms with Gasteiger partial charge in [0.25, 0.3) is 5.91 Å². The molecule has 3 aromatic carbocycles. The Kier molecular flexibility index (Phi) is 13.2. The summed E-state index contributed by atoms with van der Waals surface area (Å²) in [4.78, 5) is 72.5. The van der Waals surface area contributed by atoms with E-state index >= 15 is 0 Å². The molecule has 2 aromatic heterocycles. The number of hydrogen-bond acceptors (Lipinski definition) is 8. The highest BCUT2D eigenvalue weighted by atomic mass is 16.5. The average molecular weight is 865 g/mol. The van der Waals surface area contributed by atoms with Gasteiger partial charge in [-0.1, -0.05) is 86.9 Å². The topological polar surface area (TPSA) is 175 Å². The van der Waals surface area contributed by atoms with Gasteiger partial charge in [0.05, 0.1) is 50.1 Å². The van der Waals surface area contributed by atoms with Crippen LogP contribution in [0.25, 0.3) is 33.6 Å². The van der Waals surface area contributed by atoms with Crippen LogP contribution in [0.15, 0.2) is 79.1 Å². The molecule has 2 saturated heterocycles. The normalized spacial score (nSPS) is 18.2. The first-order chi connectivity index (χ1) is 31.1. The van der Waals surface area contributed by atoms with Crippen molar-refractivity contribution >= 4 is 24.0 Å². The zero-order valence-electron chi connectivity index (χ0n) is 37.1. The third kappa shape index (κ3) is 9.11. The zero-order valence-corrected chi connectivity index (χ0v) is 37.1. The van der Waals surface area contributed by atoms with Gasteiger partial charge in [0, 0.05) is 24.2 Å². The molecule has 64 heavy (non-hydrogen) atoms. The molecule has 0 unspecified atom stereocenters. The van der Waals surface area contributed by atoms with Crippen LogP contribution < -0.4 is 10.6 Å². The highest BCUT2D eigenvalue weighted by Gasteiger charge is 2.39. The minimum absolute atomic E-state index is 0.123. The first-order valence-corrected chi connectivity index (χ1v) is 22.2. The Morgan fingerprint density at radius 3 is 1.83 bits per heavy atom. The van der Waals surface area contributed by atoms with Crippen LogP contribution in [-0.2, 0) is 19.1 Å². The highest BCUT2D eigenvalue weighted by molar-refractivity contribution is 5.88. The number of rotatable bonds is 12. The molecule has 3 fully saturated rings. The second kappa shape index (κ2) is 19.2. The highest BCUT2D eigenvalue weighted by Crippen LogP contribution is 2.39. The number of likely N-dealkylation sites (tertiary alicyclic amines) is 2. The first-order valence-electron chi connectivity index (χ1n) is 22.2. The van der Waals surface area contributed by atoms with Gasteiger partial charge in [-0.3, -0.25) is 9.59 Å². The average Bonchev–Trinajstić information content (AvgIpc) is 4.14. The molecule has 0 spiro atoms. The number of nitrogens with zero attached hydrogens (tertiary/aromatic N) is 4. The van der Waals surface area contributed by atoms with Gasteiger partial charge in [0.15, 0.2) is 0 Å². The predicted molar refractivity (Wildman–Crippen MR) is 242 cm³/mol. The van der Waals surface area contributed by atoms with Crippen LogP contribution in [0.3, 0.4) is 0 Å². The lowest BCUT2D eigenvalue weighted by Crippen LogP contribution is -2.51. The van der Waals surface area contributed by atoms with E-state index in [4.69, 9.17) is 19.4 Å². The van der Waals surface area contributed by atoms with Crippen molar-refractivity contribution in [3.8, 4) is 45.5 Å². The van der Waals surface area contributed by atoms with Gasteiger partial charge in [0.1, 0.15) is 23.7 Å². The Bertz CT molecular complexity index is 2550. The summed E-state index contributed by atoms with van der Waals surface area (Å²) in [5.41, 5.74) is 8.32. The number of aromatic amines is 2. The summed E-state index contributed by atoms with van der Waals surface area (Å²) >= 11 is 0. The van der Waals surface area contributed by atoms with E-state index in [-0.39, 0.29) is 29.8 Å². The van der Waals surface area contributed by atoms with E-state index in [1.54, 1.807) is 17.3 Å². The van der Waals surface area contributed by atoms with Gasteiger partial charge in [-0.2, -0.15) is 0 Å². The van der Waals surface area contributed by atoms with Gasteiger partial charge < -0.3 is 39.9 Å². The Labute approximate surface area is 373 Å². The third-order valence-electron chi connectivity index (χ3n) is 12.9. The smallest absolute Gasteiger partial charge is 0.407 e. The SMILES string of the molecule is CC#Cc1cc(-c2cnc([C@@H]3CCCN3C(=O)[C@@H](NC(=O)OC)C(C)C)[nH]2)ccc1-c1ccc(-c2cnc([C@@H]3CCCN3C(=O)[C@H](NC(=O)OC)c3ccc(C4CCC4)cc3)[nH]2)cc1. The molecule has 14 nitrogen and oxygen atoms in total. The molecule has 4 N–H and O–H groups in total. The number of hydrogen-bond donors (Lipinski definition) is 4. The summed E-state index contributed by atoms with van der Waals surface area (Å²) in [5.74, 6) is 7.84. The van der Waals surface area contributed by atoms with Crippen LogP contribution in [0.1, 0.15) is 118 Å². The van der Waals surface area contributed by atoms with Crippen molar-refractivity contribution in [2.75, 3.05) is 27.3 Å². The number of nitrogens with one attached hydrogen (secondary N) is 4. The number of alkyl carbamates (subject to hydrolysis) is 2. The molecule has 4 atom stereocenters. The predicted octanol–water partition coefficient (Wildman–Crippen LogP) is 8.58. The lowest BCUT2D eigenvalue weighted by atomic mass is 9.80. The van der Waals surface area contributed by atoms with Crippen molar-refractivity contribution in [1.82, 2.24) is 40.4 Å². The number of carbonyl (C=O) groups excluding carboxylic acids is 4. The summed E-state index contributed by atoms with van der Waals surface area (Å²) in [6, 6.07) is 20.3. The fourth-order valence-corrected chi connectivity index (χ4v) is 9.18. The lowest BCUT2D eigenvalue weighted by molar-refractivity contribution is -0.135. The number of amides is 4. The van der Waals surface area contributed by atoms with Crippen molar-refractivity contribution in [3.05, 3.63) is 107 Å². The molecular weight excluding hydrogens is 809 g/mol. The van der Waals surface area contributed by atoms with E-state index in [1.165, 1.54) is 39.0 Å². The van der Waals surface area contributed by atoms with Gasteiger partial charge in [-0.05, 0) is 91.2 Å². The second-order valence-electron chi connectivity index (χ2n) is 17.2. The lowest BCUT2D eigenvalue weighted by Gasteiger charge is -2.30. The fourth-order valence-electron chi connectivity index (χ4n) is 9.18. The monoisotopic (exact) mass is 864 g/mol. The first kappa shape index (κ1) is 43.8. The van der Waals surface area contributed by atoms with Gasteiger partial charge in [-0.15, -0.1) is 5.92 Å². The van der Waals surface area contributed by atoms with E-state index in [9.17, 15) is 19.2 Å². The maximum Gasteiger partial charge on any atom is 0.407 e. The molecule has 332 valence electrons. The summed E-state index contributed by atoms with van der Waals surface area (Å²) in [5, 5.41) is 5.49. The minimum atomic E-state index is -0.888. The standard InChI is InChI=1S/C50H56N8O6/c1-6-10-36-27-37(40-29-52-46(54-40)41-13-8-25-57(41)47(59)43(30(2)3)55-49(61)63-4)23-24-38(36)33-17-19-34(20-18-33)39-28-51-45(53-39)42-14-9-26-58(42)48(60)44(56-50(62)64-5)35-21-15-32(16-22-35)31-11-7-12-31/h15-24,27-31,41-44H,7-9,11-14,25-26H2,1-5H3,(H,51,53)(H,52,54)(H,55,61)(H,56,62)/t41-,42-,43-,44+/m0/s1. The van der Waals surface area contributed by atoms with Crippen LogP contribution in [0.4, 0.5) is 9.59 Å². The number of carbonyl (C=O) groups is 4. The Balaban J connectivity index is 0.966. The van der Waals surface area contributed by atoms with Crippen LogP contribution in [0.2, 0.25) is 0 Å². The Hall–Kier alpha value is -6.88. The molecule has 0 bridgehead atoms. The summed E-state index contributed by atoms with van der Waals surface area (Å²) in [6.45, 7) is 6.74. The summed E-state index contributed by atoms with van der Waals surface area (Å²) in [7, 11) is 2.59. The van der Waals surface area contributed by atoms with Crippen molar-refractivity contribution in [1.29, 1.82) is 0 Å². The van der Waals surface area contributed by atoms with Crippen molar-refractivity contribution in [2.45, 2.75) is 95.8 Å². The fraction of sp³-hybridized carbons (Fsp3) is 0.400. The van der Waals surface area contributed by atoms with Gasteiger partial charge >= 0.3 is 12.2 Å². The van der Waals surface area contributed by atoms with E-state index in [1.807, 2.05) is 56.0 Å². The van der Waals surface area contributed by atoms with E-state index in [0.29, 0.717) is 30.7 Å². The minimum Gasteiger partial charge on any atom is -0.453 e. The van der Waals surface area contributed by atoms with Crippen LogP contribution in [0, 0.1) is 17.8 Å². The van der Waals surface area contributed by atoms with Gasteiger partial charge in [0.2, 0.25) is 5.91 Å². The number of benzene rings is 3. The molecular formula is C50H56N8O6. The summed E-state index contributed by atoms with van der Waals surface area (Å²) in [6.07, 6.45) is 9.05. The van der Waals surface area contributed by atoms with Crippen molar-refractivity contribution in [2.24, 2.45) is 5.92 Å². The largest absolute Gasteiger partial charge is 0.453 e. The summed E-state index contributed by atoms with van der Waals surface area (Å²) < 4.78 is 9.70. The van der Waals surface area contributed by atoms with Crippen LogP contribution in [0.5, 0.6) is 0 Å². The van der Waals surface area contributed by atoms with Crippen molar-refractivity contribution in [3.63, 3.8) is 0 Å². The molecule has 4 amide bonds. The Morgan fingerprint density at radius 1 is 0.703 bits per heavy atom. The number of imidazole rings is 2. The maximum absolute atomic E-state index is 14.2. The molecule has 2 aliphatic heterocycles. The molecule has 3 aliphatic rings. The number of aromatic nitrogens is 4. The molecule has 5 aromatic rings. The molecule has 1 aliphatic carbocycles. The number of methoxy groups -OCH3 is 2. The van der Waals surface area contributed by atoms with Crippen LogP contribution >= 0.6 is 0 Å². The van der Waals surface area contributed by atoms with Crippen molar-refractivity contribution < 1.29 is 28.7 Å². The quantitative estimate of drug-likeness (QED) is 0.0903. The van der Waals surface area contributed by atoms with E-state index in [2.05, 4.69) is 68.8 Å². The third-order valence-corrected chi connectivity index (χ3v) is 12.9.